The van der Waals surface area contributed by atoms with Gasteiger partial charge in [0.25, 0.3) is 17.0 Å². The van der Waals surface area contributed by atoms with Gasteiger partial charge in [0, 0.05) is 71.9 Å². The van der Waals surface area contributed by atoms with Crippen LogP contribution in [0.2, 0.25) is 25.7 Å². The van der Waals surface area contributed by atoms with E-state index in [1.807, 2.05) is 11.0 Å². The zero-order valence-corrected chi connectivity index (χ0v) is 27.2. The molecule has 0 saturated carbocycles. The van der Waals surface area contributed by atoms with Crippen LogP contribution in [0.3, 0.4) is 0 Å². The van der Waals surface area contributed by atoms with Crippen LogP contribution >= 0.6 is 0 Å². The summed E-state index contributed by atoms with van der Waals surface area (Å²) in [6, 6.07) is 8.15. The number of rotatable bonds is 11. The summed E-state index contributed by atoms with van der Waals surface area (Å²) in [5.74, 6) is 0.411. The van der Waals surface area contributed by atoms with Crippen LogP contribution in [0.1, 0.15) is 28.4 Å². The van der Waals surface area contributed by atoms with Gasteiger partial charge in [0.1, 0.15) is 24.2 Å². The first kappa shape index (κ1) is 34.4. The smallest absolute Gasteiger partial charge is 0.379 e. The predicted molar refractivity (Wildman–Crippen MR) is 168 cm³/mol. The van der Waals surface area contributed by atoms with Gasteiger partial charge >= 0.3 is 6.18 Å². The summed E-state index contributed by atoms with van der Waals surface area (Å²) < 4.78 is 49.4. The molecule has 0 radical (unpaired) electrons. The monoisotopic (exact) mass is 658 g/mol. The van der Waals surface area contributed by atoms with Gasteiger partial charge in [-0.3, -0.25) is 14.4 Å². The Balaban J connectivity index is 1.42. The number of carbonyl (C=O) groups is 1. The molecular weight excluding hydrogens is 621 g/mol. The lowest BCUT2D eigenvalue weighted by atomic mass is 10.2. The number of hydrogen-bond donors (Lipinski definition) is 1. The highest BCUT2D eigenvalue weighted by Gasteiger charge is 2.38. The molecule has 3 aromatic rings. The molecule has 16 heteroatoms. The summed E-state index contributed by atoms with van der Waals surface area (Å²) in [5, 5.41) is 15.5. The Hall–Kier alpha value is -4.49. The van der Waals surface area contributed by atoms with Crippen LogP contribution in [0.4, 0.5) is 24.7 Å². The predicted octanol–water partition coefficient (Wildman–Crippen LogP) is 3.47. The molecule has 0 aliphatic carbocycles. The number of carbonyl (C=O) groups excluding carboxylic acids is 1. The molecule has 246 valence electrons. The molecule has 0 unspecified atom stereocenters. The average Bonchev–Trinajstić information content (AvgIpc) is 3.00. The summed E-state index contributed by atoms with van der Waals surface area (Å²) in [6.45, 7) is 9.62. The van der Waals surface area contributed by atoms with Gasteiger partial charge in [-0.25, -0.2) is 9.67 Å². The van der Waals surface area contributed by atoms with E-state index in [0.717, 1.165) is 12.2 Å². The van der Waals surface area contributed by atoms with Crippen LogP contribution in [0.15, 0.2) is 52.4 Å². The number of alkyl halides is 3. The van der Waals surface area contributed by atoms with E-state index in [4.69, 9.17) is 10.00 Å². The number of nitrogens with one attached hydrogen (secondary N) is 1. The molecule has 1 atom stereocenters. The Kier molecular flexibility index (Phi) is 10.7. The second-order valence-corrected chi connectivity index (χ2v) is 18.0. The number of halogens is 3. The Morgan fingerprint density at radius 1 is 1.11 bits per heavy atom. The zero-order chi connectivity index (χ0) is 33.6. The van der Waals surface area contributed by atoms with Crippen molar-refractivity contribution in [1.29, 1.82) is 5.26 Å². The number of ether oxygens (including phenoxy) is 1. The van der Waals surface area contributed by atoms with Crippen LogP contribution in [0.5, 0.6) is 0 Å². The van der Waals surface area contributed by atoms with Crippen molar-refractivity contribution >= 4 is 25.5 Å². The highest BCUT2D eigenvalue weighted by molar-refractivity contribution is 6.76. The summed E-state index contributed by atoms with van der Waals surface area (Å²) in [4.78, 5) is 46.6. The third-order valence-electron chi connectivity index (χ3n) is 7.41. The second kappa shape index (κ2) is 14.3. The number of nitrogens with zero attached hydrogens (tertiary/aromatic N) is 7. The van der Waals surface area contributed by atoms with E-state index < -0.39 is 49.4 Å². The number of aromatic nitrogens is 4. The summed E-state index contributed by atoms with van der Waals surface area (Å²) in [5.41, 5.74) is -2.99. The Morgan fingerprint density at radius 2 is 1.83 bits per heavy atom. The normalized spacial score (nSPS) is 14.6. The standard InChI is InChI=1S/C30H37F3N8O4Si/c1-21(37-24-17-36-41(20-45-13-14-46(2,3)4)29(44)27(24)30(31,32)33)18-40-19-23(6-8-26(40)42)28(43)39-11-9-38(10-12-39)25-7-5-22(15-34)16-35-25/h5-8,16-17,19,21,37H,9-14,18,20H2,1-4H3/t21-/m0/s1. The Labute approximate surface area is 265 Å². The molecule has 1 amide bonds. The van der Waals surface area contributed by atoms with E-state index >= 15 is 0 Å². The molecule has 1 fully saturated rings. The Morgan fingerprint density at radius 3 is 2.43 bits per heavy atom. The van der Waals surface area contributed by atoms with Gasteiger partial charge in [0.05, 0.1) is 23.0 Å². The number of hydrogen-bond acceptors (Lipinski definition) is 9. The molecule has 1 saturated heterocycles. The van der Waals surface area contributed by atoms with Crippen molar-refractivity contribution in [2.45, 2.75) is 58.1 Å². The van der Waals surface area contributed by atoms with Gasteiger partial charge < -0.3 is 24.4 Å². The first-order valence-corrected chi connectivity index (χ1v) is 18.5. The molecule has 12 nitrogen and oxygen atoms in total. The molecule has 1 aliphatic rings. The van der Waals surface area contributed by atoms with E-state index in [1.165, 1.54) is 29.1 Å². The van der Waals surface area contributed by atoms with E-state index in [2.05, 4.69) is 35.0 Å². The fourth-order valence-corrected chi connectivity index (χ4v) is 5.62. The minimum atomic E-state index is -4.97. The van der Waals surface area contributed by atoms with E-state index in [9.17, 15) is 27.6 Å². The maximum Gasteiger partial charge on any atom is 0.423 e. The summed E-state index contributed by atoms with van der Waals surface area (Å²) >= 11 is 0. The molecule has 0 bridgehead atoms. The molecule has 0 spiro atoms. The molecular formula is C30H37F3N8O4Si. The number of nitriles is 1. The molecule has 4 rings (SSSR count). The SMILES string of the molecule is C[C@@H](Cn1cc(C(=O)N2CCN(c3ccc(C#N)cn3)CC2)ccc1=O)Nc1cnn(COCC[Si](C)(C)C)c(=O)c1C(F)(F)F. The summed E-state index contributed by atoms with van der Waals surface area (Å²) in [6.07, 6.45) is -1.16. The van der Waals surface area contributed by atoms with Crippen LogP contribution in [0, 0.1) is 11.3 Å². The lowest BCUT2D eigenvalue weighted by Gasteiger charge is -2.35. The van der Waals surface area contributed by atoms with Crippen molar-refractivity contribution < 1.29 is 22.7 Å². The van der Waals surface area contributed by atoms with Crippen molar-refractivity contribution in [3.05, 3.63) is 80.3 Å². The highest BCUT2D eigenvalue weighted by atomic mass is 28.3. The van der Waals surface area contributed by atoms with Gasteiger partial charge in [-0.05, 0) is 31.2 Å². The maximum atomic E-state index is 14.0. The number of anilines is 2. The van der Waals surface area contributed by atoms with Crippen molar-refractivity contribution in [1.82, 2.24) is 24.2 Å². The van der Waals surface area contributed by atoms with Gasteiger partial charge in [0.2, 0.25) is 0 Å². The van der Waals surface area contributed by atoms with Gasteiger partial charge in [-0.2, -0.15) is 23.5 Å². The molecule has 1 N–H and O–H groups in total. The van der Waals surface area contributed by atoms with Gasteiger partial charge in [-0.1, -0.05) is 19.6 Å². The van der Waals surface area contributed by atoms with Gasteiger partial charge in [0.15, 0.2) is 0 Å². The van der Waals surface area contributed by atoms with Crippen LogP contribution < -0.4 is 21.3 Å². The average molecular weight is 659 g/mol. The quantitative estimate of drug-likeness (QED) is 0.243. The van der Waals surface area contributed by atoms with Crippen molar-refractivity contribution in [2.24, 2.45) is 0 Å². The number of pyridine rings is 2. The summed E-state index contributed by atoms with van der Waals surface area (Å²) in [7, 11) is -1.43. The third-order valence-corrected chi connectivity index (χ3v) is 9.11. The fraction of sp³-hybridized carbons (Fsp3) is 0.467. The fourth-order valence-electron chi connectivity index (χ4n) is 4.86. The van der Waals surface area contributed by atoms with E-state index in [-0.39, 0.29) is 18.0 Å². The van der Waals surface area contributed by atoms with E-state index in [1.54, 1.807) is 24.0 Å². The molecule has 4 heterocycles. The minimum absolute atomic E-state index is 0.0850. The van der Waals surface area contributed by atoms with Crippen LogP contribution in [0.25, 0.3) is 0 Å². The largest absolute Gasteiger partial charge is 0.423 e. The van der Waals surface area contributed by atoms with Crippen LogP contribution in [-0.4, -0.2) is 77.0 Å². The highest BCUT2D eigenvalue weighted by Crippen LogP contribution is 2.32. The van der Waals surface area contributed by atoms with Crippen LogP contribution in [-0.2, 0) is 24.2 Å². The maximum absolute atomic E-state index is 14.0. The van der Waals surface area contributed by atoms with Crippen molar-refractivity contribution in [3.63, 3.8) is 0 Å². The number of amides is 1. The molecule has 0 aromatic carbocycles. The minimum Gasteiger partial charge on any atom is -0.379 e. The number of piperazine rings is 1. The zero-order valence-electron chi connectivity index (χ0n) is 26.2. The molecule has 1 aliphatic heterocycles. The van der Waals surface area contributed by atoms with E-state index in [0.29, 0.717) is 48.8 Å². The second-order valence-electron chi connectivity index (χ2n) is 12.3. The van der Waals surface area contributed by atoms with Gasteiger partial charge in [-0.15, -0.1) is 0 Å². The lowest BCUT2D eigenvalue weighted by molar-refractivity contribution is -0.138. The van der Waals surface area contributed by atoms with Crippen molar-refractivity contribution in [2.75, 3.05) is 43.0 Å². The topological polar surface area (TPSA) is 138 Å². The molecule has 3 aromatic heterocycles. The lowest BCUT2D eigenvalue weighted by Crippen LogP contribution is -2.49. The Bertz CT molecular complexity index is 1690. The first-order valence-electron chi connectivity index (χ1n) is 14.8. The van der Waals surface area contributed by atoms with Crippen molar-refractivity contribution in [3.8, 4) is 6.07 Å². The molecule has 46 heavy (non-hydrogen) atoms. The third kappa shape index (κ3) is 8.82. The first-order chi connectivity index (χ1) is 21.7.